The SMILES string of the molecule is CCC1(C)CN(c2c(F)c(N)c3c(=O)c(C(=O)O)cn(C4CC4)c3c2OC)CCC1NC. The third kappa shape index (κ3) is 3.30. The Morgan fingerprint density at radius 3 is 2.62 bits per heavy atom. The Balaban J connectivity index is 2.01. The van der Waals surface area contributed by atoms with Gasteiger partial charge in [0.1, 0.15) is 11.3 Å². The molecule has 32 heavy (non-hydrogen) atoms. The van der Waals surface area contributed by atoms with E-state index in [-0.39, 0.29) is 34.0 Å². The second-order valence-electron chi connectivity index (χ2n) is 9.21. The second-order valence-corrected chi connectivity index (χ2v) is 9.21. The zero-order valence-electron chi connectivity index (χ0n) is 19.0. The molecule has 2 atom stereocenters. The molecule has 4 N–H and O–H groups in total. The first kappa shape index (κ1) is 22.4. The molecule has 2 fully saturated rings. The molecule has 1 saturated carbocycles. The van der Waals surface area contributed by atoms with Gasteiger partial charge in [0.15, 0.2) is 11.6 Å². The van der Waals surface area contributed by atoms with Crippen molar-refractivity contribution in [2.75, 3.05) is 37.9 Å². The van der Waals surface area contributed by atoms with Gasteiger partial charge in [-0.3, -0.25) is 4.79 Å². The second kappa shape index (κ2) is 7.95. The smallest absolute Gasteiger partial charge is 0.341 e. The summed E-state index contributed by atoms with van der Waals surface area (Å²) in [6.45, 7) is 5.48. The quantitative estimate of drug-likeness (QED) is 0.585. The molecule has 1 aliphatic heterocycles. The van der Waals surface area contributed by atoms with Crippen LogP contribution in [0.4, 0.5) is 15.8 Å². The average molecular weight is 447 g/mol. The molecule has 8 nitrogen and oxygen atoms in total. The van der Waals surface area contributed by atoms with Crippen molar-refractivity contribution in [1.82, 2.24) is 9.88 Å². The fraction of sp³-hybridized carbons (Fsp3) is 0.565. The number of anilines is 2. The van der Waals surface area contributed by atoms with E-state index in [1.54, 1.807) is 4.57 Å². The van der Waals surface area contributed by atoms with E-state index in [0.29, 0.717) is 24.6 Å². The van der Waals surface area contributed by atoms with Crippen LogP contribution in [0.15, 0.2) is 11.0 Å². The third-order valence-corrected chi connectivity index (χ3v) is 7.31. The maximum absolute atomic E-state index is 15.8. The van der Waals surface area contributed by atoms with Crippen molar-refractivity contribution < 1.29 is 19.0 Å². The van der Waals surface area contributed by atoms with Crippen LogP contribution in [0.2, 0.25) is 0 Å². The van der Waals surface area contributed by atoms with E-state index in [1.165, 1.54) is 13.3 Å². The highest BCUT2D eigenvalue weighted by molar-refractivity contribution is 6.03. The molecule has 0 amide bonds. The van der Waals surface area contributed by atoms with Crippen LogP contribution in [0.5, 0.6) is 5.75 Å². The van der Waals surface area contributed by atoms with Crippen molar-refractivity contribution in [3.05, 3.63) is 27.8 Å². The minimum Gasteiger partial charge on any atom is -0.492 e. The van der Waals surface area contributed by atoms with Crippen LogP contribution in [-0.2, 0) is 0 Å². The maximum Gasteiger partial charge on any atom is 0.341 e. The van der Waals surface area contributed by atoms with Gasteiger partial charge >= 0.3 is 5.97 Å². The van der Waals surface area contributed by atoms with E-state index < -0.39 is 22.8 Å². The summed E-state index contributed by atoms with van der Waals surface area (Å²) in [5.41, 5.74) is 5.16. The van der Waals surface area contributed by atoms with Gasteiger partial charge in [-0.15, -0.1) is 0 Å². The van der Waals surface area contributed by atoms with Crippen molar-refractivity contribution in [3.63, 3.8) is 0 Å². The van der Waals surface area contributed by atoms with Crippen molar-refractivity contribution >= 4 is 28.2 Å². The Bertz CT molecular complexity index is 1140. The van der Waals surface area contributed by atoms with Crippen LogP contribution >= 0.6 is 0 Å². The minimum atomic E-state index is -1.36. The zero-order chi connectivity index (χ0) is 23.4. The van der Waals surface area contributed by atoms with Gasteiger partial charge in [-0.2, -0.15) is 0 Å². The van der Waals surface area contributed by atoms with Crippen molar-refractivity contribution in [1.29, 1.82) is 0 Å². The first-order chi connectivity index (χ1) is 15.2. The number of hydrogen-bond acceptors (Lipinski definition) is 6. The highest BCUT2D eigenvalue weighted by Crippen LogP contribution is 2.47. The molecule has 2 unspecified atom stereocenters. The molecule has 0 bridgehead atoms. The van der Waals surface area contributed by atoms with Crippen LogP contribution in [0, 0.1) is 11.2 Å². The number of nitrogens with one attached hydrogen (secondary N) is 1. The molecule has 0 radical (unpaired) electrons. The van der Waals surface area contributed by atoms with Crippen LogP contribution in [0.25, 0.3) is 10.9 Å². The number of carbonyl (C=O) groups is 1. The zero-order valence-corrected chi connectivity index (χ0v) is 19.0. The van der Waals surface area contributed by atoms with Crippen LogP contribution < -0.4 is 26.1 Å². The lowest BCUT2D eigenvalue weighted by Gasteiger charge is -2.47. The van der Waals surface area contributed by atoms with Crippen LogP contribution in [0.3, 0.4) is 0 Å². The van der Waals surface area contributed by atoms with Crippen molar-refractivity contribution in [2.24, 2.45) is 5.41 Å². The first-order valence-corrected chi connectivity index (χ1v) is 11.1. The summed E-state index contributed by atoms with van der Waals surface area (Å²) in [6.07, 6.45) is 4.74. The van der Waals surface area contributed by atoms with E-state index in [2.05, 4.69) is 19.2 Å². The number of nitrogens with two attached hydrogens (primary N) is 1. The fourth-order valence-corrected chi connectivity index (χ4v) is 5.13. The number of methoxy groups -OCH3 is 1. The number of carboxylic acid groups (broad SMARTS) is 1. The molecule has 9 heteroatoms. The van der Waals surface area contributed by atoms with Crippen LogP contribution in [-0.4, -0.2) is 48.9 Å². The molecule has 2 heterocycles. The molecule has 2 aliphatic rings. The molecular formula is C23H31FN4O4. The first-order valence-electron chi connectivity index (χ1n) is 11.1. The van der Waals surface area contributed by atoms with E-state index >= 15 is 4.39 Å². The van der Waals surface area contributed by atoms with Crippen molar-refractivity contribution in [3.8, 4) is 5.75 Å². The maximum atomic E-state index is 15.8. The highest BCUT2D eigenvalue weighted by atomic mass is 19.1. The number of pyridine rings is 1. The Kier molecular flexibility index (Phi) is 5.56. The lowest BCUT2D eigenvalue weighted by molar-refractivity contribution is 0.0695. The Morgan fingerprint density at radius 2 is 2.09 bits per heavy atom. The lowest BCUT2D eigenvalue weighted by atomic mass is 9.75. The highest BCUT2D eigenvalue weighted by Gasteiger charge is 2.40. The van der Waals surface area contributed by atoms with Gasteiger partial charge in [0, 0.05) is 36.8 Å². The Labute approximate surface area is 186 Å². The van der Waals surface area contributed by atoms with E-state index in [9.17, 15) is 14.7 Å². The summed E-state index contributed by atoms with van der Waals surface area (Å²) in [4.78, 5) is 26.7. The van der Waals surface area contributed by atoms with Gasteiger partial charge in [0.05, 0.1) is 23.7 Å². The number of nitrogen functional groups attached to an aromatic ring is 1. The van der Waals surface area contributed by atoms with Crippen molar-refractivity contribution in [2.45, 2.75) is 51.6 Å². The molecular weight excluding hydrogens is 415 g/mol. The Morgan fingerprint density at radius 1 is 1.41 bits per heavy atom. The molecule has 174 valence electrons. The predicted octanol–water partition coefficient (Wildman–Crippen LogP) is 2.98. The number of halogens is 1. The molecule has 4 rings (SSSR count). The fourth-order valence-electron chi connectivity index (χ4n) is 5.13. The number of hydrogen-bond donors (Lipinski definition) is 3. The van der Waals surface area contributed by atoms with Gasteiger partial charge in [-0.25, -0.2) is 9.18 Å². The topological polar surface area (TPSA) is 110 Å². The van der Waals surface area contributed by atoms with Gasteiger partial charge in [-0.05, 0) is 32.7 Å². The number of rotatable bonds is 6. The Hall–Kier alpha value is -2.81. The number of carboxylic acids is 1. The van der Waals surface area contributed by atoms with Gasteiger partial charge < -0.3 is 30.4 Å². The number of ether oxygens (including phenoxy) is 1. The molecule has 1 aromatic heterocycles. The molecule has 1 aliphatic carbocycles. The summed E-state index contributed by atoms with van der Waals surface area (Å²) in [5.74, 6) is -1.87. The lowest BCUT2D eigenvalue weighted by Crippen LogP contribution is -2.55. The minimum absolute atomic E-state index is 0.0266. The van der Waals surface area contributed by atoms with E-state index in [1.807, 2.05) is 11.9 Å². The summed E-state index contributed by atoms with van der Waals surface area (Å²) in [6, 6.07) is 0.317. The van der Waals surface area contributed by atoms with Crippen LogP contribution in [0.1, 0.15) is 55.9 Å². The molecule has 0 spiro atoms. The van der Waals surface area contributed by atoms with E-state index in [4.69, 9.17) is 10.5 Å². The molecule has 2 aromatic rings. The summed E-state index contributed by atoms with van der Waals surface area (Å²) >= 11 is 0. The normalized spacial score (nSPS) is 23.5. The number of piperidine rings is 1. The summed E-state index contributed by atoms with van der Waals surface area (Å²) in [7, 11) is 3.39. The number of nitrogens with zero attached hydrogens (tertiary/aromatic N) is 2. The number of benzene rings is 1. The average Bonchev–Trinajstić information content (AvgIpc) is 3.60. The number of fused-ring (bicyclic) bond motifs is 1. The standard InChI is InChI=1S/C23H31FN4O4/c1-5-23(2)11-27(9-8-14(23)26-3)19-16(24)17(25)15-18(21(19)32-4)28(12-6-7-12)10-13(20(15)29)22(30)31/h10,12,14,26H,5-9,11,25H2,1-4H3,(H,30,31). The number of aromatic carboxylic acids is 1. The van der Waals surface area contributed by atoms with E-state index in [0.717, 1.165) is 25.7 Å². The monoisotopic (exact) mass is 446 g/mol. The van der Waals surface area contributed by atoms with Gasteiger partial charge in [0.25, 0.3) is 0 Å². The molecule has 1 aromatic carbocycles. The number of aromatic nitrogens is 1. The third-order valence-electron chi connectivity index (χ3n) is 7.31. The summed E-state index contributed by atoms with van der Waals surface area (Å²) in [5, 5.41) is 12.8. The summed E-state index contributed by atoms with van der Waals surface area (Å²) < 4.78 is 23.3. The van der Waals surface area contributed by atoms with Gasteiger partial charge in [0.2, 0.25) is 5.43 Å². The predicted molar refractivity (Wildman–Crippen MR) is 122 cm³/mol. The van der Waals surface area contributed by atoms with Gasteiger partial charge in [-0.1, -0.05) is 13.8 Å². The largest absolute Gasteiger partial charge is 0.492 e. The molecule has 1 saturated heterocycles.